The van der Waals surface area contributed by atoms with E-state index in [-0.39, 0.29) is 0 Å². The summed E-state index contributed by atoms with van der Waals surface area (Å²) in [7, 11) is 0. The van der Waals surface area contributed by atoms with Crippen LogP contribution in [0, 0.1) is 13.8 Å². The minimum Gasteiger partial charge on any atom is -0.0557 e. The Balaban J connectivity index is 2.71. The van der Waals surface area contributed by atoms with Crippen LogP contribution in [0.4, 0.5) is 0 Å². The van der Waals surface area contributed by atoms with E-state index in [1.54, 1.807) is 0 Å². The molecule has 0 radical (unpaired) electrons. The molecule has 0 atom stereocenters. The monoisotopic (exact) mass is 180 g/mol. The van der Waals surface area contributed by atoms with Gasteiger partial charge in [-0.25, -0.2) is 0 Å². The van der Waals surface area contributed by atoms with E-state index in [4.69, 9.17) is 0 Å². The van der Waals surface area contributed by atoms with Gasteiger partial charge in [0.2, 0.25) is 0 Å². The van der Waals surface area contributed by atoms with Gasteiger partial charge >= 0.3 is 0 Å². The summed E-state index contributed by atoms with van der Waals surface area (Å²) in [6.07, 6.45) is 0. The predicted molar refractivity (Wildman–Crippen MR) is 62.1 cm³/mol. The Hall–Kier alpha value is -1.56. The van der Waals surface area contributed by atoms with Crippen LogP contribution >= 0.6 is 0 Å². The van der Waals surface area contributed by atoms with Crippen molar-refractivity contribution in [3.63, 3.8) is 0 Å². The molecule has 68 valence electrons. The first-order valence-electron chi connectivity index (χ1n) is 4.98. The quantitative estimate of drug-likeness (QED) is 0.489. The standard InChI is InChI=1S/C14H12/c1-9-7-10(2)13-6-5-11-3-4-12(8-9)14(11)13/h3-8H,1-2H3. The summed E-state index contributed by atoms with van der Waals surface area (Å²) in [5.74, 6) is 0. The second-order valence-electron chi connectivity index (χ2n) is 4.08. The Kier molecular flexibility index (Phi) is 1.38. The minimum absolute atomic E-state index is 1.34. The zero-order chi connectivity index (χ0) is 9.71. The molecule has 0 nitrogen and oxygen atoms in total. The summed E-state index contributed by atoms with van der Waals surface area (Å²) < 4.78 is 0. The van der Waals surface area contributed by atoms with Crippen molar-refractivity contribution in [1.29, 1.82) is 0 Å². The lowest BCUT2D eigenvalue weighted by molar-refractivity contribution is 1.46. The topological polar surface area (TPSA) is 0 Å². The second kappa shape index (κ2) is 2.48. The molecule has 0 amide bonds. The lowest BCUT2D eigenvalue weighted by atomic mass is 10.2. The first kappa shape index (κ1) is 7.81. The molecule has 0 fully saturated rings. The van der Waals surface area contributed by atoms with Crippen LogP contribution in [0.15, 0.2) is 36.4 Å². The van der Waals surface area contributed by atoms with Crippen molar-refractivity contribution in [2.75, 3.05) is 0 Å². The van der Waals surface area contributed by atoms with Gasteiger partial charge in [-0.1, -0.05) is 42.0 Å². The molecule has 0 aromatic heterocycles. The summed E-state index contributed by atoms with van der Waals surface area (Å²) in [4.78, 5) is 0. The molecule has 0 spiro atoms. The lowest BCUT2D eigenvalue weighted by Crippen LogP contribution is -1.66. The summed E-state index contributed by atoms with van der Waals surface area (Å²) in [6.45, 7) is 4.35. The number of aryl methyl sites for hydroxylation is 2. The van der Waals surface area contributed by atoms with Crippen molar-refractivity contribution in [3.05, 3.63) is 47.5 Å². The molecule has 3 rings (SSSR count). The molecule has 0 saturated heterocycles. The van der Waals surface area contributed by atoms with Crippen LogP contribution in [0.3, 0.4) is 0 Å². The SMILES string of the molecule is Cc1cc(C)c2ccc3ccc(c1)c32. The van der Waals surface area contributed by atoms with Gasteiger partial charge < -0.3 is 0 Å². The largest absolute Gasteiger partial charge is 0.0557 e. The normalized spacial score (nSPS) is 11.6. The van der Waals surface area contributed by atoms with Crippen LogP contribution in [0.25, 0.3) is 21.5 Å². The third-order valence-electron chi connectivity index (χ3n) is 2.97. The van der Waals surface area contributed by atoms with Gasteiger partial charge in [0.15, 0.2) is 0 Å². The highest BCUT2D eigenvalue weighted by atomic mass is 14.1. The van der Waals surface area contributed by atoms with Crippen LogP contribution in [-0.4, -0.2) is 0 Å². The Morgan fingerprint density at radius 2 is 1.50 bits per heavy atom. The van der Waals surface area contributed by atoms with E-state index in [2.05, 4.69) is 50.2 Å². The van der Waals surface area contributed by atoms with Crippen molar-refractivity contribution in [2.45, 2.75) is 13.8 Å². The maximum atomic E-state index is 2.27. The van der Waals surface area contributed by atoms with Gasteiger partial charge in [0.1, 0.15) is 0 Å². The molecular weight excluding hydrogens is 168 g/mol. The summed E-state index contributed by atoms with van der Waals surface area (Å²) in [5, 5.41) is 5.56. The van der Waals surface area contributed by atoms with Gasteiger partial charge in [0, 0.05) is 0 Å². The smallest absolute Gasteiger partial charge is 0.00361 e. The fraction of sp³-hybridized carbons (Fsp3) is 0.143. The summed E-state index contributed by atoms with van der Waals surface area (Å²) in [5.41, 5.74) is 2.71. The fourth-order valence-corrected chi connectivity index (χ4v) is 2.37. The Morgan fingerprint density at radius 3 is 2.36 bits per heavy atom. The Morgan fingerprint density at radius 1 is 0.786 bits per heavy atom. The number of rotatable bonds is 0. The van der Waals surface area contributed by atoms with E-state index in [1.807, 2.05) is 0 Å². The third-order valence-corrected chi connectivity index (χ3v) is 2.97. The van der Waals surface area contributed by atoms with Gasteiger partial charge in [0.05, 0.1) is 0 Å². The van der Waals surface area contributed by atoms with Crippen molar-refractivity contribution in [3.8, 4) is 0 Å². The zero-order valence-electron chi connectivity index (χ0n) is 8.46. The number of hydrogen-bond donors (Lipinski definition) is 0. The van der Waals surface area contributed by atoms with Crippen LogP contribution < -0.4 is 0 Å². The highest BCUT2D eigenvalue weighted by Crippen LogP contribution is 2.31. The molecule has 0 saturated carbocycles. The Bertz CT molecular complexity index is 605. The highest BCUT2D eigenvalue weighted by molar-refractivity contribution is 6.13. The molecule has 0 heteroatoms. The van der Waals surface area contributed by atoms with Crippen molar-refractivity contribution in [2.24, 2.45) is 0 Å². The van der Waals surface area contributed by atoms with E-state index >= 15 is 0 Å². The van der Waals surface area contributed by atoms with Crippen LogP contribution in [-0.2, 0) is 0 Å². The molecule has 0 aliphatic carbocycles. The molecular formula is C14H12. The average molecular weight is 180 g/mol. The van der Waals surface area contributed by atoms with Gasteiger partial charge in [-0.2, -0.15) is 0 Å². The van der Waals surface area contributed by atoms with E-state index in [9.17, 15) is 0 Å². The molecule has 0 aliphatic heterocycles. The van der Waals surface area contributed by atoms with Gasteiger partial charge in [-0.05, 0) is 41.0 Å². The number of hydrogen-bond acceptors (Lipinski definition) is 0. The highest BCUT2D eigenvalue weighted by Gasteiger charge is 2.05. The summed E-state index contributed by atoms with van der Waals surface area (Å²) in [6, 6.07) is 13.4. The molecule has 0 bridgehead atoms. The molecule has 3 aromatic carbocycles. The first-order valence-corrected chi connectivity index (χ1v) is 4.98. The average Bonchev–Trinajstić information content (AvgIpc) is 2.64. The van der Waals surface area contributed by atoms with Crippen molar-refractivity contribution in [1.82, 2.24) is 0 Å². The van der Waals surface area contributed by atoms with Crippen molar-refractivity contribution < 1.29 is 0 Å². The lowest BCUT2D eigenvalue weighted by Gasteiger charge is -1.88. The van der Waals surface area contributed by atoms with Crippen LogP contribution in [0.1, 0.15) is 11.1 Å². The van der Waals surface area contributed by atoms with Crippen LogP contribution in [0.2, 0.25) is 0 Å². The maximum Gasteiger partial charge on any atom is -0.00361 e. The minimum atomic E-state index is 1.34. The van der Waals surface area contributed by atoms with Gasteiger partial charge in [-0.15, -0.1) is 0 Å². The van der Waals surface area contributed by atoms with E-state index in [0.717, 1.165) is 0 Å². The molecule has 0 unspecified atom stereocenters. The maximum absolute atomic E-state index is 2.27. The van der Waals surface area contributed by atoms with E-state index in [1.165, 1.54) is 32.7 Å². The first-order chi connectivity index (χ1) is 6.75. The van der Waals surface area contributed by atoms with Crippen LogP contribution in [0.5, 0.6) is 0 Å². The molecule has 0 heterocycles. The van der Waals surface area contributed by atoms with Gasteiger partial charge in [-0.3, -0.25) is 0 Å². The van der Waals surface area contributed by atoms with E-state index < -0.39 is 0 Å². The Labute approximate surface area is 83.5 Å². The predicted octanol–water partition coefficient (Wildman–Crippen LogP) is 4.05. The summed E-state index contributed by atoms with van der Waals surface area (Å²) >= 11 is 0. The van der Waals surface area contributed by atoms with Gasteiger partial charge in [0.25, 0.3) is 0 Å². The molecule has 3 aromatic rings. The fourth-order valence-electron chi connectivity index (χ4n) is 2.37. The third kappa shape index (κ3) is 0.884. The molecule has 0 aliphatic rings. The molecule has 0 N–H and O–H groups in total. The zero-order valence-corrected chi connectivity index (χ0v) is 8.46. The van der Waals surface area contributed by atoms with E-state index in [0.29, 0.717) is 0 Å². The molecule has 14 heavy (non-hydrogen) atoms. The second-order valence-corrected chi connectivity index (χ2v) is 4.08. The van der Waals surface area contributed by atoms with Crippen molar-refractivity contribution >= 4 is 21.5 Å².